The van der Waals surface area contributed by atoms with Crippen LogP contribution < -0.4 is 0 Å². The Bertz CT molecular complexity index is 650. The van der Waals surface area contributed by atoms with Gasteiger partial charge >= 0.3 is 11.9 Å². The molecule has 0 saturated heterocycles. The van der Waals surface area contributed by atoms with Crippen LogP contribution in [-0.2, 0) is 25.7 Å². The minimum absolute atomic E-state index is 0.00772. The lowest BCUT2D eigenvalue weighted by molar-refractivity contribution is -0.385. The highest BCUT2D eigenvalue weighted by Gasteiger charge is 2.19. The van der Waals surface area contributed by atoms with Gasteiger partial charge in [0.25, 0.3) is 5.69 Å². The van der Waals surface area contributed by atoms with Crippen molar-refractivity contribution in [3.63, 3.8) is 0 Å². The van der Waals surface area contributed by atoms with Gasteiger partial charge in [0.2, 0.25) is 0 Å². The van der Waals surface area contributed by atoms with Crippen LogP contribution in [0, 0.1) is 10.1 Å². The molecule has 8 heteroatoms. The maximum atomic E-state index is 11.8. The van der Waals surface area contributed by atoms with Crippen LogP contribution in [0.5, 0.6) is 0 Å². The number of nitro groups is 1. The molecule has 28 heavy (non-hydrogen) atoms. The summed E-state index contributed by atoms with van der Waals surface area (Å²) in [6.45, 7) is 2.34. The Morgan fingerprint density at radius 1 is 1.00 bits per heavy atom. The number of benzene rings is 1. The lowest BCUT2D eigenvalue weighted by atomic mass is 10.1. The van der Waals surface area contributed by atoms with Crippen LogP contribution in [-0.4, -0.2) is 23.5 Å². The van der Waals surface area contributed by atoms with Gasteiger partial charge in [-0.25, -0.2) is 0 Å². The molecule has 1 aromatic carbocycles. The van der Waals surface area contributed by atoms with Crippen molar-refractivity contribution in [3.8, 4) is 0 Å². The summed E-state index contributed by atoms with van der Waals surface area (Å²) >= 11 is 5.81. The first kappa shape index (κ1) is 23.9. The summed E-state index contributed by atoms with van der Waals surface area (Å²) < 4.78 is 10.2. The van der Waals surface area contributed by atoms with Gasteiger partial charge in [0.15, 0.2) is 0 Å². The number of para-hydroxylation sites is 1. The average Bonchev–Trinajstić information content (AvgIpc) is 2.65. The molecule has 0 amide bonds. The smallest absolute Gasteiger partial charge is 0.306 e. The molecule has 7 nitrogen and oxygen atoms in total. The van der Waals surface area contributed by atoms with Crippen LogP contribution in [0.25, 0.3) is 0 Å². The third-order valence-electron chi connectivity index (χ3n) is 4.16. The van der Waals surface area contributed by atoms with E-state index >= 15 is 0 Å². The zero-order valence-electron chi connectivity index (χ0n) is 16.3. The van der Waals surface area contributed by atoms with Crippen LogP contribution >= 0.6 is 11.6 Å². The van der Waals surface area contributed by atoms with E-state index in [1.54, 1.807) is 6.07 Å². The number of halogens is 1. The van der Waals surface area contributed by atoms with Crippen molar-refractivity contribution in [2.75, 3.05) is 6.61 Å². The number of ether oxygens (including phenoxy) is 2. The zero-order valence-corrected chi connectivity index (χ0v) is 17.0. The SMILES string of the molecule is CCCCCCCCOC(=O)CCCC(=O)OCc1cccc(Cl)c1[N+](=O)[O-]. The highest BCUT2D eigenvalue weighted by Crippen LogP contribution is 2.28. The molecule has 0 spiro atoms. The summed E-state index contributed by atoms with van der Waals surface area (Å²) in [6.07, 6.45) is 7.21. The summed E-state index contributed by atoms with van der Waals surface area (Å²) in [5, 5.41) is 11.0. The lowest BCUT2D eigenvalue weighted by Gasteiger charge is -2.07. The predicted molar refractivity (Wildman–Crippen MR) is 106 cm³/mol. The van der Waals surface area contributed by atoms with E-state index in [2.05, 4.69) is 6.92 Å². The number of hydrogen-bond acceptors (Lipinski definition) is 6. The summed E-state index contributed by atoms with van der Waals surface area (Å²) in [5.74, 6) is -0.857. The number of nitrogens with zero attached hydrogens (tertiary/aromatic N) is 1. The minimum Gasteiger partial charge on any atom is -0.466 e. The molecule has 1 aromatic rings. The second-order valence-electron chi connectivity index (χ2n) is 6.51. The third kappa shape index (κ3) is 9.69. The maximum absolute atomic E-state index is 11.8. The topological polar surface area (TPSA) is 95.7 Å². The van der Waals surface area contributed by atoms with E-state index in [1.165, 1.54) is 31.4 Å². The van der Waals surface area contributed by atoms with Crippen molar-refractivity contribution in [3.05, 3.63) is 38.9 Å². The standard InChI is InChI=1S/C20H28ClNO6/c1-2-3-4-5-6-7-14-27-18(23)12-9-13-19(24)28-15-16-10-8-11-17(21)20(16)22(25)26/h8,10-11H,2-7,9,12-15H2,1H3. The minimum atomic E-state index is -0.606. The Morgan fingerprint density at radius 3 is 2.32 bits per heavy atom. The monoisotopic (exact) mass is 413 g/mol. The van der Waals surface area contributed by atoms with Gasteiger partial charge in [0.05, 0.1) is 17.1 Å². The molecule has 1 rings (SSSR count). The Hall–Kier alpha value is -2.15. The van der Waals surface area contributed by atoms with Gasteiger partial charge < -0.3 is 9.47 Å². The number of carbonyl (C=O) groups excluding carboxylic acids is 2. The fraction of sp³-hybridized carbons (Fsp3) is 0.600. The van der Waals surface area contributed by atoms with Gasteiger partial charge in [0.1, 0.15) is 11.6 Å². The largest absolute Gasteiger partial charge is 0.466 e. The number of rotatable bonds is 14. The van der Waals surface area contributed by atoms with Gasteiger partial charge in [-0.15, -0.1) is 0 Å². The number of esters is 2. The van der Waals surface area contributed by atoms with Gasteiger partial charge in [-0.1, -0.05) is 56.7 Å². The Labute approximate surface area is 170 Å². The fourth-order valence-corrected chi connectivity index (χ4v) is 2.89. The predicted octanol–water partition coefficient (Wildman–Crippen LogP) is 5.37. The van der Waals surface area contributed by atoms with Crippen molar-refractivity contribution in [2.24, 2.45) is 0 Å². The molecule has 156 valence electrons. The number of carbonyl (C=O) groups is 2. The molecule has 0 aromatic heterocycles. The first-order valence-electron chi connectivity index (χ1n) is 9.68. The van der Waals surface area contributed by atoms with Gasteiger partial charge in [0, 0.05) is 12.8 Å². The van der Waals surface area contributed by atoms with Crippen molar-refractivity contribution < 1.29 is 24.0 Å². The van der Waals surface area contributed by atoms with Gasteiger partial charge in [-0.2, -0.15) is 0 Å². The number of hydrogen-bond donors (Lipinski definition) is 0. The van der Waals surface area contributed by atoms with E-state index in [1.807, 2.05) is 0 Å². The van der Waals surface area contributed by atoms with Gasteiger partial charge in [-0.05, 0) is 25.0 Å². The third-order valence-corrected chi connectivity index (χ3v) is 4.47. The van der Waals surface area contributed by atoms with E-state index in [4.69, 9.17) is 21.1 Å². The van der Waals surface area contributed by atoms with E-state index in [9.17, 15) is 19.7 Å². The molecule has 0 saturated carbocycles. The lowest BCUT2D eigenvalue weighted by Crippen LogP contribution is -2.09. The number of unbranched alkanes of at least 4 members (excludes halogenated alkanes) is 5. The maximum Gasteiger partial charge on any atom is 0.306 e. The molecule has 0 aliphatic rings. The van der Waals surface area contributed by atoms with E-state index in [-0.39, 0.29) is 41.7 Å². The molecular formula is C20H28ClNO6. The molecule has 0 atom stereocenters. The molecule has 0 N–H and O–H groups in total. The van der Waals surface area contributed by atoms with Crippen molar-refractivity contribution in [2.45, 2.75) is 71.3 Å². The summed E-state index contributed by atoms with van der Waals surface area (Å²) in [6, 6.07) is 4.44. The van der Waals surface area contributed by atoms with Crippen LogP contribution in [0.4, 0.5) is 5.69 Å². The fourth-order valence-electron chi connectivity index (χ4n) is 2.63. The zero-order chi connectivity index (χ0) is 20.8. The molecule has 0 bridgehead atoms. The molecule has 0 heterocycles. The Balaban J connectivity index is 2.18. The molecule has 0 aliphatic heterocycles. The average molecular weight is 414 g/mol. The first-order valence-corrected chi connectivity index (χ1v) is 10.1. The van der Waals surface area contributed by atoms with Crippen molar-refractivity contribution in [1.29, 1.82) is 0 Å². The Morgan fingerprint density at radius 2 is 1.64 bits per heavy atom. The van der Waals surface area contributed by atoms with Crippen LogP contribution in [0.1, 0.15) is 70.3 Å². The van der Waals surface area contributed by atoms with Crippen LogP contribution in [0.3, 0.4) is 0 Å². The normalized spacial score (nSPS) is 10.5. The summed E-state index contributed by atoms with van der Waals surface area (Å²) in [4.78, 5) is 33.8. The highest BCUT2D eigenvalue weighted by molar-refractivity contribution is 6.32. The molecule has 0 fully saturated rings. The summed E-state index contributed by atoms with van der Waals surface area (Å²) in [7, 11) is 0. The Kier molecular flexibility index (Phi) is 11.9. The summed E-state index contributed by atoms with van der Waals surface area (Å²) in [5.41, 5.74) is -0.0422. The van der Waals surface area contributed by atoms with Crippen LogP contribution in [0.15, 0.2) is 18.2 Å². The second-order valence-corrected chi connectivity index (χ2v) is 6.91. The van der Waals surface area contributed by atoms with Crippen LogP contribution in [0.2, 0.25) is 5.02 Å². The molecule has 0 unspecified atom stereocenters. The van der Waals surface area contributed by atoms with Crippen molar-refractivity contribution in [1.82, 2.24) is 0 Å². The second kappa shape index (κ2) is 13.9. The van der Waals surface area contributed by atoms with E-state index < -0.39 is 10.9 Å². The molecular weight excluding hydrogens is 386 g/mol. The van der Waals surface area contributed by atoms with E-state index in [0.717, 1.165) is 19.3 Å². The number of nitro benzene ring substituents is 1. The first-order chi connectivity index (χ1) is 13.5. The van der Waals surface area contributed by atoms with E-state index in [0.29, 0.717) is 13.0 Å². The molecule has 0 radical (unpaired) electrons. The quantitative estimate of drug-likeness (QED) is 0.176. The van der Waals surface area contributed by atoms with Crippen molar-refractivity contribution >= 4 is 29.2 Å². The molecule has 0 aliphatic carbocycles. The highest BCUT2D eigenvalue weighted by atomic mass is 35.5. The van der Waals surface area contributed by atoms with Gasteiger partial charge in [-0.3, -0.25) is 19.7 Å².